The van der Waals surface area contributed by atoms with Gasteiger partial charge in [-0.3, -0.25) is 9.48 Å². The van der Waals surface area contributed by atoms with Crippen molar-refractivity contribution < 1.29 is 13.9 Å². The van der Waals surface area contributed by atoms with Crippen molar-refractivity contribution in [2.24, 2.45) is 0 Å². The van der Waals surface area contributed by atoms with E-state index >= 15 is 0 Å². The highest BCUT2D eigenvalue weighted by Gasteiger charge is 2.15. The molecule has 1 heterocycles. The Balaban J connectivity index is 1.80. The number of rotatable bonds is 5. The van der Waals surface area contributed by atoms with E-state index in [-0.39, 0.29) is 18.3 Å². The smallest absolute Gasteiger partial charge is 0.260 e. The highest BCUT2D eigenvalue weighted by Crippen LogP contribution is 2.24. The standard InChI is InChI=1S/C19H17ClFN3O2/c1-12-9-18(23-24(12)11-13-5-3-4-6-16(13)21)22-19(25)15-10-14(20)7-8-17(15)26-2/h3-10H,11H2,1-2H3,(H,22,23,25). The molecular formula is C19H17ClFN3O2. The number of anilines is 1. The summed E-state index contributed by atoms with van der Waals surface area (Å²) in [5.74, 6) is 0.0943. The van der Waals surface area contributed by atoms with E-state index in [4.69, 9.17) is 16.3 Å². The van der Waals surface area contributed by atoms with Gasteiger partial charge in [-0.2, -0.15) is 5.10 Å². The van der Waals surface area contributed by atoms with E-state index < -0.39 is 0 Å². The first-order chi connectivity index (χ1) is 12.5. The Bertz CT molecular complexity index is 956. The van der Waals surface area contributed by atoms with Crippen molar-refractivity contribution in [3.05, 3.63) is 76.2 Å². The number of aromatic nitrogens is 2. The number of aryl methyl sites for hydroxylation is 1. The van der Waals surface area contributed by atoms with Gasteiger partial charge in [-0.1, -0.05) is 29.8 Å². The van der Waals surface area contributed by atoms with Gasteiger partial charge in [-0.15, -0.1) is 0 Å². The number of ether oxygens (including phenoxy) is 1. The quantitative estimate of drug-likeness (QED) is 0.725. The average molecular weight is 374 g/mol. The highest BCUT2D eigenvalue weighted by atomic mass is 35.5. The van der Waals surface area contributed by atoms with Crippen LogP contribution in [0.2, 0.25) is 5.02 Å². The molecule has 0 radical (unpaired) electrons. The van der Waals surface area contributed by atoms with Gasteiger partial charge in [0.15, 0.2) is 5.82 Å². The number of nitrogens with one attached hydrogen (secondary N) is 1. The fraction of sp³-hybridized carbons (Fsp3) is 0.158. The monoisotopic (exact) mass is 373 g/mol. The number of methoxy groups -OCH3 is 1. The Morgan fingerprint density at radius 1 is 1.27 bits per heavy atom. The number of hydrogen-bond acceptors (Lipinski definition) is 3. The minimum Gasteiger partial charge on any atom is -0.496 e. The van der Waals surface area contributed by atoms with Gasteiger partial charge in [0, 0.05) is 22.3 Å². The topological polar surface area (TPSA) is 56.1 Å². The predicted octanol–water partition coefficient (Wildman–Crippen LogP) is 4.29. The molecule has 0 saturated carbocycles. The maximum Gasteiger partial charge on any atom is 0.260 e. The van der Waals surface area contributed by atoms with Gasteiger partial charge in [0.05, 0.1) is 19.2 Å². The van der Waals surface area contributed by atoms with Crippen LogP contribution in [-0.2, 0) is 6.54 Å². The van der Waals surface area contributed by atoms with Crippen molar-refractivity contribution in [3.63, 3.8) is 0 Å². The van der Waals surface area contributed by atoms with Crippen LogP contribution in [0.3, 0.4) is 0 Å². The van der Waals surface area contributed by atoms with E-state index in [1.807, 2.05) is 6.92 Å². The molecule has 0 aliphatic rings. The number of amides is 1. The zero-order chi connectivity index (χ0) is 18.7. The normalized spacial score (nSPS) is 10.6. The summed E-state index contributed by atoms with van der Waals surface area (Å²) >= 11 is 5.96. The SMILES string of the molecule is COc1ccc(Cl)cc1C(=O)Nc1cc(C)n(Cc2ccccc2F)n1. The molecule has 0 spiro atoms. The van der Waals surface area contributed by atoms with Gasteiger partial charge < -0.3 is 10.1 Å². The zero-order valence-electron chi connectivity index (χ0n) is 14.3. The molecule has 5 nitrogen and oxygen atoms in total. The maximum atomic E-state index is 13.8. The number of carbonyl (C=O) groups excluding carboxylic acids is 1. The van der Waals surface area contributed by atoms with Crippen molar-refractivity contribution in [2.75, 3.05) is 12.4 Å². The summed E-state index contributed by atoms with van der Waals surface area (Å²) in [4.78, 5) is 12.5. The third kappa shape index (κ3) is 3.86. The van der Waals surface area contributed by atoms with Crippen LogP contribution in [0.25, 0.3) is 0 Å². The number of benzene rings is 2. The second-order valence-electron chi connectivity index (χ2n) is 5.72. The van der Waals surface area contributed by atoms with E-state index in [9.17, 15) is 9.18 Å². The molecule has 26 heavy (non-hydrogen) atoms. The summed E-state index contributed by atoms with van der Waals surface area (Å²) < 4.78 is 20.7. The molecule has 0 aliphatic heterocycles. The molecule has 1 aromatic heterocycles. The Hall–Kier alpha value is -2.86. The zero-order valence-corrected chi connectivity index (χ0v) is 15.0. The second kappa shape index (κ2) is 7.58. The van der Waals surface area contributed by atoms with Crippen molar-refractivity contribution in [1.82, 2.24) is 9.78 Å². The largest absolute Gasteiger partial charge is 0.496 e. The molecule has 0 aliphatic carbocycles. The lowest BCUT2D eigenvalue weighted by Gasteiger charge is -2.08. The lowest BCUT2D eigenvalue weighted by Crippen LogP contribution is -2.14. The summed E-state index contributed by atoms with van der Waals surface area (Å²) in [6, 6.07) is 13.0. The molecule has 0 unspecified atom stereocenters. The van der Waals surface area contributed by atoms with Crippen molar-refractivity contribution >= 4 is 23.3 Å². The van der Waals surface area contributed by atoms with Gasteiger partial charge in [-0.05, 0) is 31.2 Å². The number of halogens is 2. The van der Waals surface area contributed by atoms with E-state index in [1.165, 1.54) is 19.2 Å². The van der Waals surface area contributed by atoms with Gasteiger partial charge >= 0.3 is 0 Å². The Morgan fingerprint density at radius 2 is 2.04 bits per heavy atom. The summed E-state index contributed by atoms with van der Waals surface area (Å²) in [5.41, 5.74) is 1.62. The first kappa shape index (κ1) is 17.9. The van der Waals surface area contributed by atoms with E-state index in [1.54, 1.807) is 41.1 Å². The number of hydrogen-bond donors (Lipinski definition) is 1. The Morgan fingerprint density at radius 3 is 2.77 bits per heavy atom. The summed E-state index contributed by atoms with van der Waals surface area (Å²) in [7, 11) is 1.48. The molecule has 1 amide bonds. The second-order valence-corrected chi connectivity index (χ2v) is 6.16. The van der Waals surface area contributed by atoms with Gasteiger partial charge in [0.1, 0.15) is 11.6 Å². The minimum atomic E-state index is -0.389. The van der Waals surface area contributed by atoms with Crippen LogP contribution in [0.5, 0.6) is 5.75 Å². The fourth-order valence-electron chi connectivity index (χ4n) is 2.56. The van der Waals surface area contributed by atoms with Crippen molar-refractivity contribution in [2.45, 2.75) is 13.5 Å². The molecule has 1 N–H and O–H groups in total. The average Bonchev–Trinajstić information content (AvgIpc) is 2.96. The van der Waals surface area contributed by atoms with Crippen LogP contribution < -0.4 is 10.1 Å². The summed E-state index contributed by atoms with van der Waals surface area (Å²) in [6.07, 6.45) is 0. The predicted molar refractivity (Wildman–Crippen MR) is 98.4 cm³/mol. The highest BCUT2D eigenvalue weighted by molar-refractivity contribution is 6.31. The molecular weight excluding hydrogens is 357 g/mol. The van der Waals surface area contributed by atoms with Crippen LogP contribution in [0.4, 0.5) is 10.2 Å². The van der Waals surface area contributed by atoms with Gasteiger partial charge in [0.2, 0.25) is 0 Å². The third-order valence-corrected chi connectivity index (χ3v) is 4.14. The van der Waals surface area contributed by atoms with E-state index in [0.717, 1.165) is 5.69 Å². The van der Waals surface area contributed by atoms with Crippen LogP contribution in [0.1, 0.15) is 21.6 Å². The van der Waals surface area contributed by atoms with E-state index in [0.29, 0.717) is 27.7 Å². The minimum absolute atomic E-state index is 0.273. The van der Waals surface area contributed by atoms with Crippen LogP contribution >= 0.6 is 11.6 Å². The summed E-state index contributed by atoms with van der Waals surface area (Å²) in [6.45, 7) is 2.11. The molecule has 0 atom stereocenters. The molecule has 2 aromatic carbocycles. The van der Waals surface area contributed by atoms with Gasteiger partial charge in [-0.25, -0.2) is 4.39 Å². The summed E-state index contributed by atoms with van der Waals surface area (Å²) in [5, 5.41) is 7.48. The maximum absolute atomic E-state index is 13.8. The lowest BCUT2D eigenvalue weighted by molar-refractivity contribution is 0.102. The van der Waals surface area contributed by atoms with Crippen LogP contribution in [-0.4, -0.2) is 22.8 Å². The van der Waals surface area contributed by atoms with Crippen molar-refractivity contribution in [3.8, 4) is 5.75 Å². The van der Waals surface area contributed by atoms with Crippen molar-refractivity contribution in [1.29, 1.82) is 0 Å². The lowest BCUT2D eigenvalue weighted by atomic mass is 10.2. The first-order valence-corrected chi connectivity index (χ1v) is 8.28. The third-order valence-electron chi connectivity index (χ3n) is 3.91. The molecule has 0 saturated heterocycles. The molecule has 0 bridgehead atoms. The first-order valence-electron chi connectivity index (χ1n) is 7.90. The fourth-order valence-corrected chi connectivity index (χ4v) is 2.73. The molecule has 134 valence electrons. The van der Waals surface area contributed by atoms with Crippen LogP contribution in [0.15, 0.2) is 48.5 Å². The van der Waals surface area contributed by atoms with Gasteiger partial charge in [0.25, 0.3) is 5.91 Å². The Kier molecular flexibility index (Phi) is 5.23. The number of carbonyl (C=O) groups is 1. The molecule has 7 heteroatoms. The molecule has 3 aromatic rings. The Labute approximate surface area is 155 Å². The molecule has 0 fully saturated rings. The molecule has 3 rings (SSSR count). The number of nitrogens with zero attached hydrogens (tertiary/aromatic N) is 2. The van der Waals surface area contributed by atoms with Crippen LogP contribution in [0, 0.1) is 12.7 Å². The van der Waals surface area contributed by atoms with E-state index in [2.05, 4.69) is 10.4 Å².